The van der Waals surface area contributed by atoms with Crippen LogP contribution in [0.3, 0.4) is 0 Å². The summed E-state index contributed by atoms with van der Waals surface area (Å²) in [6.45, 7) is 9.13. The maximum atomic E-state index is 12.4. The van der Waals surface area contributed by atoms with Crippen molar-refractivity contribution in [2.24, 2.45) is 0 Å². The van der Waals surface area contributed by atoms with Crippen molar-refractivity contribution in [1.82, 2.24) is 4.90 Å². The lowest BCUT2D eigenvalue weighted by Gasteiger charge is -2.17. The standard InChI is InChI=1S/C14H24NO5P/c1-5-15(6-2)14(16)13-10-9-12(20-13)11-21(17,18-7-3)19-8-4/h9-10H,5-8,11H2,1-4H3. The van der Waals surface area contributed by atoms with Crippen molar-refractivity contribution in [2.75, 3.05) is 26.3 Å². The fourth-order valence-electron chi connectivity index (χ4n) is 1.96. The number of nitrogens with zero attached hydrogens (tertiary/aromatic N) is 1. The predicted molar refractivity (Wildman–Crippen MR) is 80.5 cm³/mol. The van der Waals surface area contributed by atoms with Gasteiger partial charge >= 0.3 is 7.60 Å². The van der Waals surface area contributed by atoms with Crippen molar-refractivity contribution in [3.63, 3.8) is 0 Å². The summed E-state index contributed by atoms with van der Waals surface area (Å²) in [7, 11) is -3.21. The molecule has 7 heteroatoms. The molecule has 0 fully saturated rings. The van der Waals surface area contributed by atoms with Gasteiger partial charge in [-0.3, -0.25) is 9.36 Å². The van der Waals surface area contributed by atoms with E-state index in [9.17, 15) is 9.36 Å². The average molecular weight is 317 g/mol. The van der Waals surface area contributed by atoms with Gasteiger partial charge < -0.3 is 18.4 Å². The largest absolute Gasteiger partial charge is 0.455 e. The highest BCUT2D eigenvalue weighted by atomic mass is 31.2. The van der Waals surface area contributed by atoms with E-state index in [1.807, 2.05) is 13.8 Å². The van der Waals surface area contributed by atoms with E-state index in [1.165, 1.54) is 0 Å². The Balaban J connectivity index is 2.83. The van der Waals surface area contributed by atoms with E-state index < -0.39 is 7.60 Å². The van der Waals surface area contributed by atoms with E-state index >= 15 is 0 Å². The summed E-state index contributed by atoms with van der Waals surface area (Å²) >= 11 is 0. The Kier molecular flexibility index (Phi) is 7.15. The van der Waals surface area contributed by atoms with Crippen LogP contribution in [0.4, 0.5) is 0 Å². The van der Waals surface area contributed by atoms with Gasteiger partial charge in [0.25, 0.3) is 5.91 Å². The molecule has 0 bridgehead atoms. The first kappa shape index (κ1) is 18.0. The maximum Gasteiger partial charge on any atom is 0.338 e. The topological polar surface area (TPSA) is 69.0 Å². The molecule has 1 amide bonds. The monoisotopic (exact) mass is 317 g/mol. The third-order valence-electron chi connectivity index (χ3n) is 2.92. The van der Waals surface area contributed by atoms with Crippen molar-refractivity contribution < 1.29 is 22.8 Å². The van der Waals surface area contributed by atoms with Crippen LogP contribution in [0.1, 0.15) is 44.0 Å². The molecule has 21 heavy (non-hydrogen) atoms. The molecular formula is C14H24NO5P. The van der Waals surface area contributed by atoms with Crippen molar-refractivity contribution in [3.8, 4) is 0 Å². The summed E-state index contributed by atoms with van der Waals surface area (Å²) < 4.78 is 28.3. The van der Waals surface area contributed by atoms with Crippen LogP contribution in [0.25, 0.3) is 0 Å². The van der Waals surface area contributed by atoms with E-state index in [0.29, 0.717) is 32.1 Å². The normalized spacial score (nSPS) is 11.6. The molecule has 1 aromatic heterocycles. The van der Waals surface area contributed by atoms with Gasteiger partial charge in [-0.2, -0.15) is 0 Å². The molecule has 0 aliphatic heterocycles. The number of furan rings is 1. The number of hydrogen-bond donors (Lipinski definition) is 0. The predicted octanol–water partition coefficient (Wildman–Crippen LogP) is 3.53. The van der Waals surface area contributed by atoms with E-state index in [2.05, 4.69) is 0 Å². The van der Waals surface area contributed by atoms with Crippen molar-refractivity contribution in [2.45, 2.75) is 33.9 Å². The second kappa shape index (κ2) is 8.37. The van der Waals surface area contributed by atoms with Gasteiger partial charge in [-0.1, -0.05) is 0 Å². The molecular weight excluding hydrogens is 293 g/mol. The maximum absolute atomic E-state index is 12.4. The molecule has 0 saturated heterocycles. The molecule has 0 aromatic carbocycles. The fraction of sp³-hybridized carbons (Fsp3) is 0.643. The molecule has 0 radical (unpaired) electrons. The van der Waals surface area contributed by atoms with Gasteiger partial charge in [-0.15, -0.1) is 0 Å². The minimum absolute atomic E-state index is 0.0280. The molecule has 6 nitrogen and oxygen atoms in total. The zero-order valence-electron chi connectivity index (χ0n) is 13.1. The third kappa shape index (κ3) is 4.99. The van der Waals surface area contributed by atoms with Crippen LogP contribution in [0.2, 0.25) is 0 Å². The second-order valence-electron chi connectivity index (χ2n) is 4.35. The molecule has 1 rings (SSSR count). The SMILES string of the molecule is CCOP(=O)(Cc1ccc(C(=O)N(CC)CC)o1)OCC. The highest BCUT2D eigenvalue weighted by Crippen LogP contribution is 2.51. The van der Waals surface area contributed by atoms with Crippen LogP contribution in [-0.2, 0) is 19.8 Å². The summed E-state index contributed by atoms with van der Waals surface area (Å²) in [4.78, 5) is 13.8. The quantitative estimate of drug-likeness (QED) is 0.652. The summed E-state index contributed by atoms with van der Waals surface area (Å²) in [5.41, 5.74) is 0. The zero-order chi connectivity index (χ0) is 15.9. The lowest BCUT2D eigenvalue weighted by Crippen LogP contribution is -2.30. The molecule has 0 aliphatic rings. The Morgan fingerprint density at radius 2 is 1.71 bits per heavy atom. The van der Waals surface area contributed by atoms with Crippen LogP contribution in [0.5, 0.6) is 0 Å². The Morgan fingerprint density at radius 3 is 2.19 bits per heavy atom. The molecule has 1 aromatic rings. The Labute approximate surface area is 125 Å². The van der Waals surface area contributed by atoms with E-state index in [0.717, 1.165) is 0 Å². The van der Waals surface area contributed by atoms with Gasteiger partial charge in [0.2, 0.25) is 0 Å². The second-order valence-corrected chi connectivity index (χ2v) is 6.40. The fourth-order valence-corrected chi connectivity index (χ4v) is 3.55. The number of carbonyl (C=O) groups excluding carboxylic acids is 1. The Hall–Kier alpha value is -1.10. The molecule has 0 spiro atoms. The molecule has 0 atom stereocenters. The minimum Gasteiger partial charge on any atom is -0.455 e. The molecule has 1 heterocycles. The first-order chi connectivity index (χ1) is 9.99. The molecule has 0 saturated carbocycles. The molecule has 0 unspecified atom stereocenters. The number of amides is 1. The first-order valence-electron chi connectivity index (χ1n) is 7.25. The van der Waals surface area contributed by atoms with Gasteiger partial charge in [0, 0.05) is 13.1 Å². The number of hydrogen-bond acceptors (Lipinski definition) is 5. The van der Waals surface area contributed by atoms with Crippen LogP contribution in [0.15, 0.2) is 16.5 Å². The summed E-state index contributed by atoms with van der Waals surface area (Å²) in [6, 6.07) is 3.24. The van der Waals surface area contributed by atoms with E-state index in [1.54, 1.807) is 30.9 Å². The van der Waals surface area contributed by atoms with Gasteiger partial charge in [0.15, 0.2) is 5.76 Å². The third-order valence-corrected chi connectivity index (χ3v) is 4.93. The van der Waals surface area contributed by atoms with Crippen LogP contribution >= 0.6 is 7.60 Å². The highest BCUT2D eigenvalue weighted by molar-refractivity contribution is 7.53. The number of carbonyl (C=O) groups is 1. The van der Waals surface area contributed by atoms with Gasteiger partial charge in [0.05, 0.1) is 13.2 Å². The highest BCUT2D eigenvalue weighted by Gasteiger charge is 2.27. The van der Waals surface area contributed by atoms with Gasteiger partial charge in [0.1, 0.15) is 11.9 Å². The van der Waals surface area contributed by atoms with Crippen molar-refractivity contribution in [1.29, 1.82) is 0 Å². The van der Waals surface area contributed by atoms with E-state index in [4.69, 9.17) is 13.5 Å². The zero-order valence-corrected chi connectivity index (χ0v) is 14.0. The lowest BCUT2D eigenvalue weighted by atomic mass is 10.3. The van der Waals surface area contributed by atoms with Crippen molar-refractivity contribution in [3.05, 3.63) is 23.7 Å². The average Bonchev–Trinajstić information content (AvgIpc) is 2.88. The number of rotatable bonds is 9. The smallest absolute Gasteiger partial charge is 0.338 e. The van der Waals surface area contributed by atoms with Crippen LogP contribution < -0.4 is 0 Å². The molecule has 0 aliphatic carbocycles. The Bertz CT molecular complexity index is 485. The lowest BCUT2D eigenvalue weighted by molar-refractivity contribution is 0.0739. The van der Waals surface area contributed by atoms with Crippen LogP contribution in [-0.4, -0.2) is 37.1 Å². The summed E-state index contributed by atoms with van der Waals surface area (Å²) in [5, 5.41) is 0. The van der Waals surface area contributed by atoms with E-state index in [-0.39, 0.29) is 17.8 Å². The van der Waals surface area contributed by atoms with Crippen LogP contribution in [0, 0.1) is 0 Å². The van der Waals surface area contributed by atoms with Gasteiger partial charge in [-0.25, -0.2) is 0 Å². The Morgan fingerprint density at radius 1 is 1.14 bits per heavy atom. The summed E-state index contributed by atoms with van der Waals surface area (Å²) in [6.07, 6.45) is 0.0280. The van der Waals surface area contributed by atoms with Gasteiger partial charge in [-0.05, 0) is 39.8 Å². The minimum atomic E-state index is -3.21. The summed E-state index contributed by atoms with van der Waals surface area (Å²) in [5.74, 6) is 0.498. The first-order valence-corrected chi connectivity index (χ1v) is 8.98. The van der Waals surface area contributed by atoms with Crippen molar-refractivity contribution >= 4 is 13.5 Å². The molecule has 0 N–H and O–H groups in total. The molecule has 120 valence electrons.